The predicted molar refractivity (Wildman–Crippen MR) is 111 cm³/mol. The molecule has 0 amide bonds. The van der Waals surface area contributed by atoms with Gasteiger partial charge in [-0.25, -0.2) is 0 Å². The Balaban J connectivity index is 1.57. The Hall–Kier alpha value is -1.89. The van der Waals surface area contributed by atoms with E-state index in [0.29, 0.717) is 0 Å². The molecule has 0 bridgehead atoms. The van der Waals surface area contributed by atoms with Crippen LogP contribution in [0.25, 0.3) is 11.1 Å². The zero-order valence-corrected chi connectivity index (χ0v) is 16.3. The van der Waals surface area contributed by atoms with E-state index in [-0.39, 0.29) is 5.78 Å². The summed E-state index contributed by atoms with van der Waals surface area (Å²) in [6.07, 6.45) is 11.1. The van der Waals surface area contributed by atoms with Gasteiger partial charge in [0.25, 0.3) is 0 Å². The van der Waals surface area contributed by atoms with Crippen molar-refractivity contribution in [2.45, 2.75) is 71.1 Å². The molecule has 0 atom stereocenters. The topological polar surface area (TPSA) is 17.1 Å². The van der Waals surface area contributed by atoms with Gasteiger partial charge in [0.2, 0.25) is 0 Å². The van der Waals surface area contributed by atoms with Crippen molar-refractivity contribution in [1.82, 2.24) is 0 Å². The van der Waals surface area contributed by atoms with Crippen LogP contribution >= 0.6 is 0 Å². The van der Waals surface area contributed by atoms with E-state index in [1.807, 2.05) is 24.3 Å². The molecule has 2 aromatic rings. The highest BCUT2D eigenvalue weighted by atomic mass is 16.1. The molecule has 0 spiro atoms. The Kier molecular flexibility index (Phi) is 6.66. The summed E-state index contributed by atoms with van der Waals surface area (Å²) < 4.78 is 0. The van der Waals surface area contributed by atoms with Crippen LogP contribution < -0.4 is 0 Å². The van der Waals surface area contributed by atoms with Gasteiger partial charge in [0.05, 0.1) is 0 Å². The highest BCUT2D eigenvalue weighted by Gasteiger charge is 2.22. The molecule has 0 aromatic heterocycles. The lowest BCUT2D eigenvalue weighted by molar-refractivity contribution is 0.101. The van der Waals surface area contributed by atoms with Crippen molar-refractivity contribution in [3.63, 3.8) is 0 Å². The van der Waals surface area contributed by atoms with Gasteiger partial charge in [-0.05, 0) is 61.1 Å². The first-order chi connectivity index (χ1) is 12.7. The average molecular weight is 349 g/mol. The maximum Gasteiger partial charge on any atom is 0.159 e. The normalized spacial score (nSPS) is 20.1. The molecule has 0 radical (unpaired) electrons. The lowest BCUT2D eigenvalue weighted by Crippen LogP contribution is -2.13. The summed E-state index contributed by atoms with van der Waals surface area (Å²) in [6.45, 7) is 3.90. The lowest BCUT2D eigenvalue weighted by atomic mass is 9.77. The van der Waals surface area contributed by atoms with E-state index >= 15 is 0 Å². The Morgan fingerprint density at radius 3 is 1.96 bits per heavy atom. The molecule has 1 fully saturated rings. The molecule has 1 saturated carbocycles. The maximum absolute atomic E-state index is 11.4. The third-order valence-electron chi connectivity index (χ3n) is 6.07. The first kappa shape index (κ1) is 18.9. The number of benzene rings is 2. The van der Waals surface area contributed by atoms with Gasteiger partial charge in [0.15, 0.2) is 5.78 Å². The van der Waals surface area contributed by atoms with Gasteiger partial charge in [0, 0.05) is 5.56 Å². The molecule has 1 nitrogen and oxygen atoms in total. The summed E-state index contributed by atoms with van der Waals surface area (Å²) in [7, 11) is 0. The van der Waals surface area contributed by atoms with Gasteiger partial charge in [-0.15, -0.1) is 0 Å². The Bertz CT molecular complexity index is 688. The Morgan fingerprint density at radius 1 is 0.846 bits per heavy atom. The van der Waals surface area contributed by atoms with Crippen molar-refractivity contribution in [3.05, 3.63) is 59.7 Å². The number of rotatable bonds is 7. The van der Waals surface area contributed by atoms with E-state index in [0.717, 1.165) is 17.4 Å². The number of hydrogen-bond acceptors (Lipinski definition) is 1. The van der Waals surface area contributed by atoms with E-state index in [2.05, 4.69) is 31.2 Å². The van der Waals surface area contributed by atoms with E-state index < -0.39 is 0 Å². The van der Waals surface area contributed by atoms with Crippen LogP contribution in [-0.4, -0.2) is 5.78 Å². The van der Waals surface area contributed by atoms with E-state index in [1.165, 1.54) is 68.1 Å². The molecule has 26 heavy (non-hydrogen) atoms. The summed E-state index contributed by atoms with van der Waals surface area (Å²) in [5.74, 6) is 1.83. The summed E-state index contributed by atoms with van der Waals surface area (Å²) in [6, 6.07) is 17.1. The van der Waals surface area contributed by atoms with Crippen molar-refractivity contribution in [2.75, 3.05) is 0 Å². The maximum atomic E-state index is 11.4. The molecule has 0 N–H and O–H groups in total. The third kappa shape index (κ3) is 4.84. The highest BCUT2D eigenvalue weighted by molar-refractivity contribution is 5.94. The molecule has 1 heteroatoms. The van der Waals surface area contributed by atoms with Crippen molar-refractivity contribution in [3.8, 4) is 11.1 Å². The number of hydrogen-bond donors (Lipinski definition) is 0. The molecule has 0 unspecified atom stereocenters. The van der Waals surface area contributed by atoms with Crippen LogP contribution in [0.4, 0.5) is 0 Å². The monoisotopic (exact) mass is 348 g/mol. The van der Waals surface area contributed by atoms with Gasteiger partial charge in [-0.2, -0.15) is 0 Å². The molecule has 0 heterocycles. The molecular formula is C25H32O. The zero-order valence-electron chi connectivity index (χ0n) is 16.3. The van der Waals surface area contributed by atoms with E-state index in [4.69, 9.17) is 0 Å². The van der Waals surface area contributed by atoms with Crippen LogP contribution in [0.5, 0.6) is 0 Å². The quantitative estimate of drug-likeness (QED) is 0.376. The van der Waals surface area contributed by atoms with Crippen LogP contribution in [0, 0.1) is 5.92 Å². The minimum absolute atomic E-state index is 0.122. The van der Waals surface area contributed by atoms with Crippen LogP contribution in [0.1, 0.15) is 87.1 Å². The van der Waals surface area contributed by atoms with Gasteiger partial charge in [-0.3, -0.25) is 4.79 Å². The Labute approximate surface area is 158 Å². The summed E-state index contributed by atoms with van der Waals surface area (Å²) in [5, 5.41) is 0. The SMILES string of the molecule is CCCCCC1CCC(c2ccc(-c3ccc(C(C)=O)cc3)cc2)CC1. The fraction of sp³-hybridized carbons (Fsp3) is 0.480. The standard InChI is InChI=1S/C25H32O/c1-3-4-5-6-20-7-9-22(10-8-20)24-15-17-25(18-16-24)23-13-11-21(12-14-23)19(2)26/h11-18,20,22H,3-10H2,1-2H3. The van der Waals surface area contributed by atoms with E-state index in [9.17, 15) is 4.79 Å². The third-order valence-corrected chi connectivity index (χ3v) is 6.07. The first-order valence-electron chi connectivity index (χ1n) is 10.4. The number of carbonyl (C=O) groups is 1. The number of unbranched alkanes of at least 4 members (excludes halogenated alkanes) is 2. The van der Waals surface area contributed by atoms with Crippen LogP contribution in [-0.2, 0) is 0 Å². The molecule has 1 aliphatic rings. The van der Waals surface area contributed by atoms with Crippen LogP contribution in [0.2, 0.25) is 0 Å². The first-order valence-corrected chi connectivity index (χ1v) is 10.4. The van der Waals surface area contributed by atoms with Crippen molar-refractivity contribution in [2.24, 2.45) is 5.92 Å². The molecular weight excluding hydrogens is 316 g/mol. The summed E-state index contributed by atoms with van der Waals surface area (Å²) in [5.41, 5.74) is 4.69. The molecule has 0 saturated heterocycles. The van der Waals surface area contributed by atoms with Crippen molar-refractivity contribution >= 4 is 5.78 Å². The van der Waals surface area contributed by atoms with Crippen LogP contribution in [0.3, 0.4) is 0 Å². The minimum Gasteiger partial charge on any atom is -0.295 e. The van der Waals surface area contributed by atoms with E-state index in [1.54, 1.807) is 6.92 Å². The number of carbonyl (C=O) groups excluding carboxylic acids is 1. The van der Waals surface area contributed by atoms with Gasteiger partial charge >= 0.3 is 0 Å². The zero-order chi connectivity index (χ0) is 18.4. The Morgan fingerprint density at radius 2 is 1.42 bits per heavy atom. The number of ketones is 1. The van der Waals surface area contributed by atoms with Gasteiger partial charge < -0.3 is 0 Å². The summed E-state index contributed by atoms with van der Waals surface area (Å²) in [4.78, 5) is 11.4. The van der Waals surface area contributed by atoms with Crippen LogP contribution in [0.15, 0.2) is 48.5 Å². The molecule has 138 valence electrons. The van der Waals surface area contributed by atoms with Crippen molar-refractivity contribution in [1.29, 1.82) is 0 Å². The largest absolute Gasteiger partial charge is 0.295 e. The molecule has 1 aliphatic carbocycles. The fourth-order valence-electron chi connectivity index (χ4n) is 4.31. The molecule has 3 rings (SSSR count). The highest BCUT2D eigenvalue weighted by Crippen LogP contribution is 2.38. The predicted octanol–water partition coefficient (Wildman–Crippen LogP) is 7.41. The molecule has 0 aliphatic heterocycles. The smallest absolute Gasteiger partial charge is 0.159 e. The van der Waals surface area contributed by atoms with Gasteiger partial charge in [-0.1, -0.05) is 81.1 Å². The molecule has 2 aromatic carbocycles. The minimum atomic E-state index is 0.122. The lowest BCUT2D eigenvalue weighted by Gasteiger charge is -2.29. The van der Waals surface area contributed by atoms with Gasteiger partial charge in [0.1, 0.15) is 0 Å². The van der Waals surface area contributed by atoms with Crippen molar-refractivity contribution < 1.29 is 4.79 Å². The fourth-order valence-corrected chi connectivity index (χ4v) is 4.31. The number of Topliss-reactive ketones (excluding diaryl/α,β-unsaturated/α-hetero) is 1. The second-order valence-corrected chi connectivity index (χ2v) is 7.97. The summed E-state index contributed by atoms with van der Waals surface area (Å²) >= 11 is 0. The second-order valence-electron chi connectivity index (χ2n) is 7.97. The average Bonchev–Trinajstić information content (AvgIpc) is 2.69. The second kappa shape index (κ2) is 9.16.